The van der Waals surface area contributed by atoms with Gasteiger partial charge in [0.15, 0.2) is 0 Å². The van der Waals surface area contributed by atoms with E-state index in [2.05, 4.69) is 38.9 Å². The summed E-state index contributed by atoms with van der Waals surface area (Å²) in [6, 6.07) is 8.07. The molecule has 2 atom stereocenters. The Morgan fingerprint density at radius 1 is 1.33 bits per heavy atom. The van der Waals surface area contributed by atoms with Gasteiger partial charge in [0.2, 0.25) is 0 Å². The van der Waals surface area contributed by atoms with Crippen molar-refractivity contribution in [3.63, 3.8) is 0 Å². The Hall–Kier alpha value is -1.06. The molecule has 0 spiro atoms. The van der Waals surface area contributed by atoms with Crippen LogP contribution >= 0.6 is 0 Å². The molecule has 0 saturated carbocycles. The van der Waals surface area contributed by atoms with Crippen LogP contribution in [0, 0.1) is 0 Å². The normalized spacial score (nSPS) is 16.4. The molecule has 1 aromatic carbocycles. The highest BCUT2D eigenvalue weighted by molar-refractivity contribution is 5.32. The maximum atomic E-state index is 6.45. The van der Waals surface area contributed by atoms with Gasteiger partial charge in [0.05, 0.1) is 6.61 Å². The van der Waals surface area contributed by atoms with Crippen LogP contribution in [0.4, 0.5) is 0 Å². The van der Waals surface area contributed by atoms with Gasteiger partial charge in [-0.25, -0.2) is 0 Å². The lowest BCUT2D eigenvalue weighted by atomic mass is 9.84. The predicted molar refractivity (Wildman–Crippen MR) is 76.9 cm³/mol. The van der Waals surface area contributed by atoms with Crippen molar-refractivity contribution in [3.05, 3.63) is 29.8 Å². The number of hydrogen-bond donors (Lipinski definition) is 1. The Morgan fingerprint density at radius 2 is 2.00 bits per heavy atom. The van der Waals surface area contributed by atoms with Gasteiger partial charge in [-0.15, -0.1) is 0 Å². The van der Waals surface area contributed by atoms with E-state index in [0.717, 1.165) is 17.7 Å². The number of rotatable bonds is 6. The third-order valence-electron chi connectivity index (χ3n) is 3.94. The van der Waals surface area contributed by atoms with E-state index < -0.39 is 0 Å². The zero-order valence-electron chi connectivity index (χ0n) is 12.2. The summed E-state index contributed by atoms with van der Waals surface area (Å²) >= 11 is 0. The first-order valence-corrected chi connectivity index (χ1v) is 6.61. The van der Waals surface area contributed by atoms with Crippen LogP contribution in [0.2, 0.25) is 0 Å². The molecule has 0 aliphatic carbocycles. The highest BCUT2D eigenvalue weighted by Gasteiger charge is 2.33. The molecule has 18 heavy (non-hydrogen) atoms. The van der Waals surface area contributed by atoms with E-state index in [1.807, 2.05) is 25.1 Å². The second kappa shape index (κ2) is 6.21. The molecule has 3 nitrogen and oxygen atoms in total. The minimum Gasteiger partial charge on any atom is -0.494 e. The van der Waals surface area contributed by atoms with Crippen LogP contribution < -0.4 is 10.5 Å². The van der Waals surface area contributed by atoms with E-state index in [1.165, 1.54) is 0 Å². The summed E-state index contributed by atoms with van der Waals surface area (Å²) in [4.78, 5) is 2.20. The predicted octanol–water partition coefficient (Wildman–Crippen LogP) is 2.82. The Labute approximate surface area is 111 Å². The van der Waals surface area contributed by atoms with Crippen LogP contribution in [0.25, 0.3) is 0 Å². The van der Waals surface area contributed by atoms with Crippen molar-refractivity contribution in [1.82, 2.24) is 4.90 Å². The minimum absolute atomic E-state index is 0.0297. The number of hydrogen-bond acceptors (Lipinski definition) is 3. The van der Waals surface area contributed by atoms with Gasteiger partial charge >= 0.3 is 0 Å². The Bertz CT molecular complexity index is 379. The van der Waals surface area contributed by atoms with E-state index in [9.17, 15) is 0 Å². The van der Waals surface area contributed by atoms with E-state index >= 15 is 0 Å². The molecular weight excluding hydrogens is 224 g/mol. The second-order valence-electron chi connectivity index (χ2n) is 5.09. The molecule has 0 radical (unpaired) electrons. The van der Waals surface area contributed by atoms with E-state index in [-0.39, 0.29) is 11.6 Å². The largest absolute Gasteiger partial charge is 0.494 e. The molecule has 1 rings (SSSR count). The zero-order valence-corrected chi connectivity index (χ0v) is 12.2. The van der Waals surface area contributed by atoms with E-state index in [1.54, 1.807) is 0 Å². The molecule has 0 aromatic heterocycles. The molecule has 0 saturated heterocycles. The van der Waals surface area contributed by atoms with Gasteiger partial charge in [-0.1, -0.05) is 19.1 Å². The first kappa shape index (κ1) is 15.0. The van der Waals surface area contributed by atoms with Crippen LogP contribution in [-0.4, -0.2) is 31.1 Å². The van der Waals surface area contributed by atoms with Gasteiger partial charge in [0, 0.05) is 11.6 Å². The maximum absolute atomic E-state index is 6.45. The average molecular weight is 250 g/mol. The third kappa shape index (κ3) is 3.03. The summed E-state index contributed by atoms with van der Waals surface area (Å²) in [5, 5.41) is 0. The highest BCUT2D eigenvalue weighted by atomic mass is 16.5. The summed E-state index contributed by atoms with van der Waals surface area (Å²) in [7, 11) is 4.16. The summed E-state index contributed by atoms with van der Waals surface area (Å²) in [6.45, 7) is 7.04. The smallest absolute Gasteiger partial charge is 0.119 e. The molecule has 1 aromatic rings. The van der Waals surface area contributed by atoms with Gasteiger partial charge in [-0.05, 0) is 52.1 Å². The number of nitrogens with zero attached hydrogens (tertiary/aromatic N) is 1. The Morgan fingerprint density at radius 3 is 2.50 bits per heavy atom. The van der Waals surface area contributed by atoms with Gasteiger partial charge in [0.25, 0.3) is 0 Å². The lowest BCUT2D eigenvalue weighted by Crippen LogP contribution is -2.49. The van der Waals surface area contributed by atoms with E-state index in [4.69, 9.17) is 10.5 Å². The van der Waals surface area contributed by atoms with Crippen molar-refractivity contribution in [1.29, 1.82) is 0 Å². The van der Waals surface area contributed by atoms with Crippen molar-refractivity contribution >= 4 is 0 Å². The Kier molecular flexibility index (Phi) is 5.17. The van der Waals surface area contributed by atoms with Crippen molar-refractivity contribution in [2.45, 2.75) is 38.8 Å². The summed E-state index contributed by atoms with van der Waals surface area (Å²) in [5.74, 6) is 0.891. The molecule has 0 heterocycles. The second-order valence-corrected chi connectivity index (χ2v) is 5.09. The standard InChI is InChI=1S/C15H26N2O/c1-6-15(3,17(4)5)14(16)12-9-8-10-13(11-12)18-7-2/h8-11,14H,6-7,16H2,1-5H3. The zero-order chi connectivity index (χ0) is 13.8. The van der Waals surface area contributed by atoms with Crippen LogP contribution in [-0.2, 0) is 0 Å². The van der Waals surface area contributed by atoms with Gasteiger partial charge < -0.3 is 15.4 Å². The quantitative estimate of drug-likeness (QED) is 0.843. The third-order valence-corrected chi connectivity index (χ3v) is 3.94. The Balaban J connectivity index is 3.01. The molecule has 3 heteroatoms. The monoisotopic (exact) mass is 250 g/mol. The van der Waals surface area contributed by atoms with Gasteiger partial charge in [0.1, 0.15) is 5.75 Å². The summed E-state index contributed by atoms with van der Waals surface area (Å²) in [5.41, 5.74) is 7.53. The van der Waals surface area contributed by atoms with Crippen molar-refractivity contribution in [2.75, 3.05) is 20.7 Å². The van der Waals surface area contributed by atoms with Crippen LogP contribution in [0.3, 0.4) is 0 Å². The SMILES string of the molecule is CCOc1cccc(C(N)C(C)(CC)N(C)C)c1. The van der Waals surface area contributed by atoms with Crippen LogP contribution in [0.1, 0.15) is 38.8 Å². The first-order valence-electron chi connectivity index (χ1n) is 6.61. The minimum atomic E-state index is -0.0508. The van der Waals surface area contributed by atoms with Gasteiger partial charge in [-0.2, -0.15) is 0 Å². The summed E-state index contributed by atoms with van der Waals surface area (Å²) in [6.07, 6.45) is 1.00. The molecule has 0 aliphatic rings. The van der Waals surface area contributed by atoms with Crippen molar-refractivity contribution in [3.8, 4) is 5.75 Å². The number of likely N-dealkylation sites (N-methyl/N-ethyl adjacent to an activating group) is 1. The molecule has 102 valence electrons. The summed E-state index contributed by atoms with van der Waals surface area (Å²) < 4.78 is 5.53. The first-order chi connectivity index (χ1) is 8.45. The number of ether oxygens (including phenoxy) is 1. The van der Waals surface area contributed by atoms with E-state index in [0.29, 0.717) is 6.61 Å². The molecule has 2 N–H and O–H groups in total. The van der Waals surface area contributed by atoms with Gasteiger partial charge in [-0.3, -0.25) is 0 Å². The average Bonchev–Trinajstić information content (AvgIpc) is 2.37. The molecule has 0 bridgehead atoms. The molecule has 0 fully saturated rings. The molecule has 0 aliphatic heterocycles. The number of benzene rings is 1. The fourth-order valence-electron chi connectivity index (χ4n) is 2.14. The number of nitrogens with two attached hydrogens (primary N) is 1. The van der Waals surface area contributed by atoms with Crippen molar-refractivity contribution < 1.29 is 4.74 Å². The fraction of sp³-hybridized carbons (Fsp3) is 0.600. The molecule has 2 unspecified atom stereocenters. The topological polar surface area (TPSA) is 38.5 Å². The lowest BCUT2D eigenvalue weighted by Gasteiger charge is -2.41. The van der Waals surface area contributed by atoms with Crippen LogP contribution in [0.15, 0.2) is 24.3 Å². The lowest BCUT2D eigenvalue weighted by molar-refractivity contribution is 0.132. The fourth-order valence-corrected chi connectivity index (χ4v) is 2.14. The highest BCUT2D eigenvalue weighted by Crippen LogP contribution is 2.32. The maximum Gasteiger partial charge on any atom is 0.119 e. The van der Waals surface area contributed by atoms with Crippen molar-refractivity contribution in [2.24, 2.45) is 5.73 Å². The van der Waals surface area contributed by atoms with Crippen LogP contribution in [0.5, 0.6) is 5.75 Å². The molecule has 0 amide bonds. The molecular formula is C15H26N2O.